The van der Waals surface area contributed by atoms with Gasteiger partial charge in [-0.05, 0) is 208 Å². The fourth-order valence-electron chi connectivity index (χ4n) is 13.8. The first-order chi connectivity index (χ1) is 36.6. The van der Waals surface area contributed by atoms with Crippen molar-refractivity contribution in [1.82, 2.24) is 0 Å². The molecular formula is C74H46. The van der Waals surface area contributed by atoms with E-state index in [-0.39, 0.29) is 0 Å². The molecule has 74 heavy (non-hydrogen) atoms. The molecule has 2 aliphatic carbocycles. The summed E-state index contributed by atoms with van der Waals surface area (Å²) in [4.78, 5) is 0. The second-order valence-electron chi connectivity index (χ2n) is 20.6. The largest absolute Gasteiger partial charge is 0.0622 e. The van der Waals surface area contributed by atoms with Crippen LogP contribution in [0, 0.1) is 13.8 Å². The summed E-state index contributed by atoms with van der Waals surface area (Å²) >= 11 is 0. The van der Waals surface area contributed by atoms with E-state index < -0.39 is 0 Å². The third kappa shape index (κ3) is 5.68. The zero-order valence-electron chi connectivity index (χ0n) is 41.1. The fraction of sp³-hybridized carbons (Fsp3) is 0.0270. The lowest BCUT2D eigenvalue weighted by atomic mass is 9.79. The molecule has 0 N–H and O–H groups in total. The van der Waals surface area contributed by atoms with Crippen LogP contribution < -0.4 is 0 Å². The molecule has 0 heteroatoms. The van der Waals surface area contributed by atoms with Crippen molar-refractivity contribution < 1.29 is 0 Å². The fourth-order valence-corrected chi connectivity index (χ4v) is 13.8. The molecule has 0 heterocycles. The molecule has 16 rings (SSSR count). The van der Waals surface area contributed by atoms with Gasteiger partial charge in [-0.3, -0.25) is 0 Å². The van der Waals surface area contributed by atoms with Gasteiger partial charge in [0.1, 0.15) is 0 Å². The van der Waals surface area contributed by atoms with Crippen LogP contribution in [0.2, 0.25) is 0 Å². The molecule has 0 atom stereocenters. The topological polar surface area (TPSA) is 0 Å². The number of hydrogen-bond donors (Lipinski definition) is 0. The molecule has 14 aromatic carbocycles. The normalized spacial score (nSPS) is 12.2. The van der Waals surface area contributed by atoms with E-state index in [0.29, 0.717) is 0 Å². The quantitative estimate of drug-likeness (QED) is 0.151. The average molecular weight is 935 g/mol. The molecule has 2 aliphatic rings. The summed E-state index contributed by atoms with van der Waals surface area (Å²) in [6.07, 6.45) is 0. The molecule has 0 bridgehead atoms. The van der Waals surface area contributed by atoms with Gasteiger partial charge in [0.15, 0.2) is 0 Å². The molecule has 0 saturated heterocycles. The van der Waals surface area contributed by atoms with Crippen LogP contribution in [-0.4, -0.2) is 0 Å². The predicted molar refractivity (Wildman–Crippen MR) is 317 cm³/mol. The third-order valence-electron chi connectivity index (χ3n) is 16.7. The molecule has 0 aromatic heterocycles. The van der Waals surface area contributed by atoms with E-state index in [4.69, 9.17) is 0 Å². The Balaban J connectivity index is 1.10. The Labute approximate surface area is 430 Å². The van der Waals surface area contributed by atoms with E-state index in [9.17, 15) is 0 Å². The van der Waals surface area contributed by atoms with Crippen LogP contribution in [0.4, 0.5) is 0 Å². The molecule has 0 spiro atoms. The second kappa shape index (κ2) is 15.6. The van der Waals surface area contributed by atoms with Crippen molar-refractivity contribution in [2.24, 2.45) is 0 Å². The average Bonchev–Trinajstić information content (AvgIpc) is 3.96. The minimum absolute atomic E-state index is 1.23. The van der Waals surface area contributed by atoms with Crippen LogP contribution in [0.15, 0.2) is 243 Å². The van der Waals surface area contributed by atoms with Gasteiger partial charge in [0.2, 0.25) is 0 Å². The van der Waals surface area contributed by atoms with Gasteiger partial charge >= 0.3 is 0 Å². The highest BCUT2D eigenvalue weighted by Gasteiger charge is 2.37. The summed E-state index contributed by atoms with van der Waals surface area (Å²) in [5, 5.41) is 15.2. The Morgan fingerprint density at radius 2 is 0.581 bits per heavy atom. The second-order valence-corrected chi connectivity index (χ2v) is 20.6. The summed E-state index contributed by atoms with van der Waals surface area (Å²) in [6.45, 7) is 4.48. The van der Waals surface area contributed by atoms with Crippen LogP contribution in [0.3, 0.4) is 0 Å². The molecule has 0 fully saturated rings. The SMILES string of the molecule is Cc1cccc(C)c1-c1ccc2cc3c(-c4cccc5ccccc45)c4c(c(-c5cccc6ccccc56)c3cc2c1)-c1ccc2c3c(ccc-4c13)-c1c-2c(-c2ccccc2)c2ccccc2c1-c1ccccc1. The maximum Gasteiger partial charge on any atom is -0.000718 e. The van der Waals surface area contributed by atoms with Crippen molar-refractivity contribution in [2.75, 3.05) is 0 Å². The summed E-state index contributed by atoms with van der Waals surface area (Å²) < 4.78 is 0. The van der Waals surface area contributed by atoms with Gasteiger partial charge in [-0.15, -0.1) is 0 Å². The van der Waals surface area contributed by atoms with E-state index in [1.54, 1.807) is 0 Å². The van der Waals surface area contributed by atoms with E-state index in [1.807, 2.05) is 0 Å². The summed E-state index contributed by atoms with van der Waals surface area (Å²) in [5.74, 6) is 0. The lowest BCUT2D eigenvalue weighted by Crippen LogP contribution is -1.96. The Bertz CT molecular complexity index is 4640. The van der Waals surface area contributed by atoms with Gasteiger partial charge in [-0.1, -0.05) is 224 Å². The summed E-state index contributed by atoms with van der Waals surface area (Å²) in [6, 6.07) is 91.8. The van der Waals surface area contributed by atoms with Crippen molar-refractivity contribution >= 4 is 64.6 Å². The molecular weight excluding hydrogens is 889 g/mol. The first-order valence-corrected chi connectivity index (χ1v) is 26.0. The Morgan fingerprint density at radius 3 is 1.07 bits per heavy atom. The van der Waals surface area contributed by atoms with Crippen LogP contribution in [-0.2, 0) is 0 Å². The Morgan fingerprint density at radius 1 is 0.189 bits per heavy atom. The van der Waals surface area contributed by atoms with Crippen LogP contribution >= 0.6 is 0 Å². The lowest BCUT2D eigenvalue weighted by Gasteiger charge is -2.23. The molecule has 342 valence electrons. The molecule has 0 saturated carbocycles. The molecule has 14 aromatic rings. The van der Waals surface area contributed by atoms with Gasteiger partial charge in [0.25, 0.3) is 0 Å². The minimum Gasteiger partial charge on any atom is -0.0622 e. The summed E-state index contributed by atoms with van der Waals surface area (Å²) in [7, 11) is 0. The zero-order valence-corrected chi connectivity index (χ0v) is 41.1. The van der Waals surface area contributed by atoms with Crippen molar-refractivity contribution in [1.29, 1.82) is 0 Å². The smallest absolute Gasteiger partial charge is 0.000718 e. The van der Waals surface area contributed by atoms with Gasteiger partial charge in [-0.2, -0.15) is 0 Å². The highest BCUT2D eigenvalue weighted by molar-refractivity contribution is 6.36. The van der Waals surface area contributed by atoms with Crippen molar-refractivity contribution in [3.05, 3.63) is 254 Å². The standard InChI is InChI=1S/C74H46/c1-43-18-15-19-44(2)64(43)50-35-34-49-41-62-63(42-51(49)40-50)68(55-33-17-27-46-21-10-12-29-53(46)55)74-61-39-37-59-69-58(36-38-60(70(61)69)73(74)67(62)54-32-16-26-45-20-9-11-28-52(45)54)71-65(47-22-5-3-6-23-47)56-30-13-14-31-57(56)66(72(59)71)48-24-7-4-8-25-48/h3-42H,1-2H3. The van der Waals surface area contributed by atoms with Gasteiger partial charge in [0.05, 0.1) is 0 Å². The number of hydrogen-bond acceptors (Lipinski definition) is 0. The number of benzene rings is 14. The number of rotatable bonds is 5. The Kier molecular flexibility index (Phi) is 8.68. The van der Waals surface area contributed by atoms with Gasteiger partial charge in [-0.25, -0.2) is 0 Å². The number of fused-ring (bicyclic) bond motifs is 11. The van der Waals surface area contributed by atoms with Gasteiger partial charge in [0, 0.05) is 0 Å². The highest BCUT2D eigenvalue weighted by atomic mass is 14.4. The molecule has 0 radical (unpaired) electrons. The summed E-state index contributed by atoms with van der Waals surface area (Å²) in [5.41, 5.74) is 25.8. The van der Waals surface area contributed by atoms with Gasteiger partial charge < -0.3 is 0 Å². The molecule has 0 unspecified atom stereocenters. The first-order valence-electron chi connectivity index (χ1n) is 26.0. The minimum atomic E-state index is 1.23. The van der Waals surface area contributed by atoms with E-state index in [0.717, 1.165) is 0 Å². The highest BCUT2D eigenvalue weighted by Crippen LogP contribution is 2.65. The van der Waals surface area contributed by atoms with Crippen molar-refractivity contribution in [3.8, 4) is 100 Å². The predicted octanol–water partition coefficient (Wildman–Crippen LogP) is 20.9. The van der Waals surface area contributed by atoms with Crippen molar-refractivity contribution in [2.45, 2.75) is 13.8 Å². The maximum atomic E-state index is 2.53. The zero-order chi connectivity index (χ0) is 48.8. The van der Waals surface area contributed by atoms with Crippen LogP contribution in [0.5, 0.6) is 0 Å². The number of aryl methyl sites for hydroxylation is 2. The van der Waals surface area contributed by atoms with E-state index in [1.165, 1.54) is 176 Å². The molecule has 0 nitrogen and oxygen atoms in total. The molecule has 0 amide bonds. The van der Waals surface area contributed by atoms with E-state index in [2.05, 4.69) is 257 Å². The van der Waals surface area contributed by atoms with Crippen molar-refractivity contribution in [3.63, 3.8) is 0 Å². The Hall–Kier alpha value is -9.36. The van der Waals surface area contributed by atoms with Crippen LogP contribution in [0.25, 0.3) is 165 Å². The van der Waals surface area contributed by atoms with E-state index >= 15 is 0 Å². The van der Waals surface area contributed by atoms with Crippen LogP contribution in [0.1, 0.15) is 11.1 Å². The lowest BCUT2D eigenvalue weighted by molar-refractivity contribution is 1.38. The monoisotopic (exact) mass is 934 g/mol. The maximum absolute atomic E-state index is 2.53. The third-order valence-corrected chi connectivity index (χ3v) is 16.7. The first kappa shape index (κ1) is 41.3. The molecule has 0 aliphatic heterocycles.